The van der Waals surface area contributed by atoms with Crippen molar-refractivity contribution in [1.29, 1.82) is 0 Å². The lowest BCUT2D eigenvalue weighted by molar-refractivity contribution is -0.115. The Morgan fingerprint density at radius 2 is 1.89 bits per heavy atom. The van der Waals surface area contributed by atoms with Crippen LogP contribution in [-0.4, -0.2) is 20.9 Å². The van der Waals surface area contributed by atoms with Crippen LogP contribution < -0.4 is 11.0 Å². The number of hydrogen-bond donors (Lipinski definition) is 3. The number of fused-ring (bicyclic) bond motifs is 1. The Morgan fingerprint density at radius 3 is 2.67 bits per heavy atom. The van der Waals surface area contributed by atoms with Crippen molar-refractivity contribution >= 4 is 34.0 Å². The lowest BCUT2D eigenvalue weighted by Gasteiger charge is -2.04. The van der Waals surface area contributed by atoms with Crippen LogP contribution in [0, 0.1) is 0 Å². The highest BCUT2D eigenvalue weighted by Gasteiger charge is 2.10. The van der Waals surface area contributed by atoms with E-state index in [4.69, 9.17) is 0 Å². The van der Waals surface area contributed by atoms with Crippen LogP contribution in [-0.2, 0) is 17.6 Å². The average molecular weight is 378 g/mol. The molecule has 2 heterocycles. The van der Waals surface area contributed by atoms with Gasteiger partial charge in [-0.25, -0.2) is 9.78 Å². The van der Waals surface area contributed by atoms with Crippen LogP contribution in [0.3, 0.4) is 0 Å². The molecule has 0 spiro atoms. The number of amides is 1. The molecule has 0 saturated carbocycles. The highest BCUT2D eigenvalue weighted by molar-refractivity contribution is 7.10. The van der Waals surface area contributed by atoms with Gasteiger partial charge in [-0.05, 0) is 36.2 Å². The Kier molecular flexibility index (Phi) is 4.60. The first-order chi connectivity index (χ1) is 13.1. The summed E-state index contributed by atoms with van der Waals surface area (Å²) >= 11 is 1.45. The molecule has 7 heteroatoms. The number of H-pyrrole nitrogens is 2. The fraction of sp³-hybridized carbons (Fsp3) is 0.150. The van der Waals surface area contributed by atoms with Crippen molar-refractivity contribution in [3.8, 4) is 11.3 Å². The van der Waals surface area contributed by atoms with Gasteiger partial charge in [0.1, 0.15) is 5.01 Å². The molecule has 1 amide bonds. The normalized spacial score (nSPS) is 11.0. The number of anilines is 1. The second kappa shape index (κ2) is 7.20. The number of hydrogen-bond acceptors (Lipinski definition) is 4. The highest BCUT2D eigenvalue weighted by atomic mass is 32.1. The van der Waals surface area contributed by atoms with E-state index in [1.54, 1.807) is 0 Å². The first kappa shape index (κ1) is 17.2. The zero-order valence-corrected chi connectivity index (χ0v) is 15.5. The van der Waals surface area contributed by atoms with Gasteiger partial charge in [0.05, 0.1) is 23.1 Å². The first-order valence-electron chi connectivity index (χ1n) is 8.66. The Hall–Kier alpha value is -3.19. The Bertz CT molecular complexity index is 1150. The zero-order chi connectivity index (χ0) is 18.8. The maximum absolute atomic E-state index is 12.3. The van der Waals surface area contributed by atoms with Gasteiger partial charge in [0.15, 0.2) is 0 Å². The monoisotopic (exact) mass is 378 g/mol. The second-order valence-electron chi connectivity index (χ2n) is 6.24. The lowest BCUT2D eigenvalue weighted by Crippen LogP contribution is -2.14. The van der Waals surface area contributed by atoms with Gasteiger partial charge in [-0.1, -0.05) is 25.1 Å². The topological polar surface area (TPSA) is 90.6 Å². The van der Waals surface area contributed by atoms with Gasteiger partial charge in [-0.3, -0.25) is 4.79 Å². The van der Waals surface area contributed by atoms with Gasteiger partial charge in [-0.2, -0.15) is 0 Å². The summed E-state index contributed by atoms with van der Waals surface area (Å²) in [5.41, 5.74) is 4.97. The number of nitrogens with zero attached hydrogens (tertiary/aromatic N) is 1. The Labute approximate surface area is 159 Å². The van der Waals surface area contributed by atoms with Crippen LogP contribution in [0.4, 0.5) is 5.69 Å². The van der Waals surface area contributed by atoms with Crippen LogP contribution in [0.25, 0.3) is 22.3 Å². The van der Waals surface area contributed by atoms with E-state index in [-0.39, 0.29) is 18.0 Å². The zero-order valence-electron chi connectivity index (χ0n) is 14.7. The lowest BCUT2D eigenvalue weighted by atomic mass is 10.1. The number of nitrogens with one attached hydrogen (secondary N) is 3. The number of carbonyl (C=O) groups is 1. The molecule has 0 aliphatic carbocycles. The van der Waals surface area contributed by atoms with Crippen molar-refractivity contribution in [3.63, 3.8) is 0 Å². The van der Waals surface area contributed by atoms with Crippen LogP contribution in [0.1, 0.15) is 17.5 Å². The molecule has 136 valence electrons. The summed E-state index contributed by atoms with van der Waals surface area (Å²) in [5.74, 6) is -0.0921. The van der Waals surface area contributed by atoms with Crippen molar-refractivity contribution < 1.29 is 4.79 Å². The van der Waals surface area contributed by atoms with Gasteiger partial charge >= 0.3 is 5.69 Å². The van der Waals surface area contributed by atoms with E-state index in [1.807, 2.05) is 47.8 Å². The predicted octanol–water partition coefficient (Wildman–Crippen LogP) is 3.72. The fourth-order valence-corrected chi connectivity index (χ4v) is 3.68. The molecule has 2 aromatic carbocycles. The summed E-state index contributed by atoms with van der Waals surface area (Å²) in [4.78, 5) is 33.7. The van der Waals surface area contributed by atoms with Gasteiger partial charge in [-0.15, -0.1) is 11.3 Å². The number of aromatic amines is 2. The summed E-state index contributed by atoms with van der Waals surface area (Å²) < 4.78 is 0. The van der Waals surface area contributed by atoms with Crippen molar-refractivity contribution in [2.45, 2.75) is 19.8 Å². The van der Waals surface area contributed by atoms with Crippen molar-refractivity contribution in [3.05, 3.63) is 68.9 Å². The summed E-state index contributed by atoms with van der Waals surface area (Å²) in [6, 6.07) is 13.5. The summed E-state index contributed by atoms with van der Waals surface area (Å²) in [7, 11) is 0. The molecule has 0 bridgehead atoms. The molecule has 0 radical (unpaired) electrons. The standard InChI is InChI=1S/C20H18N4O2S/c1-2-12-3-6-14(7-4-12)21-18(25)10-19-22-17(11-27-19)13-5-8-15-16(9-13)24-20(26)23-15/h3-9,11H,2,10H2,1H3,(H,21,25)(H2,23,24,26). The molecule has 2 aromatic heterocycles. The van der Waals surface area contributed by atoms with Gasteiger partial charge < -0.3 is 15.3 Å². The quantitative estimate of drug-likeness (QED) is 0.494. The molecule has 0 aliphatic heterocycles. The van der Waals surface area contributed by atoms with E-state index in [1.165, 1.54) is 16.9 Å². The summed E-state index contributed by atoms with van der Waals surface area (Å²) in [5, 5.41) is 5.57. The molecule has 0 aliphatic rings. The number of imidazole rings is 1. The number of thiazole rings is 1. The van der Waals surface area contributed by atoms with Crippen LogP contribution in [0.2, 0.25) is 0 Å². The molecular weight excluding hydrogens is 360 g/mol. The third kappa shape index (κ3) is 3.83. The average Bonchev–Trinajstić information content (AvgIpc) is 3.27. The predicted molar refractivity (Wildman–Crippen MR) is 108 cm³/mol. The smallest absolute Gasteiger partial charge is 0.323 e. The minimum absolute atomic E-state index is 0.0921. The van der Waals surface area contributed by atoms with E-state index in [0.717, 1.165) is 39.4 Å². The third-order valence-electron chi connectivity index (χ3n) is 4.32. The number of carbonyl (C=O) groups excluding carboxylic acids is 1. The van der Waals surface area contributed by atoms with Gasteiger partial charge in [0, 0.05) is 16.6 Å². The number of rotatable bonds is 5. The van der Waals surface area contributed by atoms with E-state index in [0.29, 0.717) is 0 Å². The molecular formula is C20H18N4O2S. The van der Waals surface area contributed by atoms with Gasteiger partial charge in [0.25, 0.3) is 0 Å². The van der Waals surface area contributed by atoms with Crippen LogP contribution in [0.5, 0.6) is 0 Å². The number of benzene rings is 2. The Balaban J connectivity index is 1.46. The molecule has 0 unspecified atom stereocenters. The molecule has 0 atom stereocenters. The maximum atomic E-state index is 12.3. The maximum Gasteiger partial charge on any atom is 0.323 e. The van der Waals surface area contributed by atoms with Crippen molar-refractivity contribution in [1.82, 2.24) is 15.0 Å². The van der Waals surface area contributed by atoms with E-state index >= 15 is 0 Å². The van der Waals surface area contributed by atoms with Gasteiger partial charge in [0.2, 0.25) is 5.91 Å². The molecule has 27 heavy (non-hydrogen) atoms. The molecule has 6 nitrogen and oxygen atoms in total. The summed E-state index contributed by atoms with van der Waals surface area (Å²) in [6.07, 6.45) is 1.20. The first-order valence-corrected chi connectivity index (χ1v) is 9.54. The minimum Gasteiger partial charge on any atom is -0.326 e. The molecule has 0 saturated heterocycles. The number of aryl methyl sites for hydroxylation is 1. The summed E-state index contributed by atoms with van der Waals surface area (Å²) in [6.45, 7) is 2.10. The second-order valence-corrected chi connectivity index (χ2v) is 7.18. The molecule has 0 fully saturated rings. The fourth-order valence-electron chi connectivity index (χ4n) is 2.88. The highest BCUT2D eigenvalue weighted by Crippen LogP contribution is 2.24. The minimum atomic E-state index is -0.232. The van der Waals surface area contributed by atoms with Crippen molar-refractivity contribution in [2.24, 2.45) is 0 Å². The van der Waals surface area contributed by atoms with Crippen LogP contribution >= 0.6 is 11.3 Å². The van der Waals surface area contributed by atoms with Crippen LogP contribution in [0.15, 0.2) is 52.6 Å². The van der Waals surface area contributed by atoms with E-state index in [2.05, 4.69) is 27.2 Å². The van der Waals surface area contributed by atoms with Crippen molar-refractivity contribution in [2.75, 3.05) is 5.32 Å². The third-order valence-corrected chi connectivity index (χ3v) is 5.17. The molecule has 4 aromatic rings. The number of aromatic nitrogens is 3. The van der Waals surface area contributed by atoms with E-state index < -0.39 is 0 Å². The largest absolute Gasteiger partial charge is 0.326 e. The SMILES string of the molecule is CCc1ccc(NC(=O)Cc2nc(-c3ccc4[nH]c(=O)[nH]c4c3)cs2)cc1. The van der Waals surface area contributed by atoms with E-state index in [9.17, 15) is 9.59 Å². The molecule has 3 N–H and O–H groups in total. The molecule has 4 rings (SSSR count). The Morgan fingerprint density at radius 1 is 1.11 bits per heavy atom.